The van der Waals surface area contributed by atoms with Crippen LogP contribution in [0.2, 0.25) is 0 Å². The molecule has 30 heavy (non-hydrogen) atoms. The smallest absolute Gasteiger partial charge is 0.318 e. The third-order valence-electron chi connectivity index (χ3n) is 5.26. The molecule has 0 unspecified atom stereocenters. The molecule has 3 rings (SSSR count). The number of rotatable bonds is 8. The Hall–Kier alpha value is -3.22. The van der Waals surface area contributed by atoms with Gasteiger partial charge in [-0.2, -0.15) is 0 Å². The molecular formula is C23H29N3O4. The van der Waals surface area contributed by atoms with Gasteiger partial charge >= 0.3 is 6.03 Å². The van der Waals surface area contributed by atoms with Crippen LogP contribution < -0.4 is 20.1 Å². The van der Waals surface area contributed by atoms with Crippen LogP contribution in [0.1, 0.15) is 24.0 Å². The Balaban J connectivity index is 1.49. The van der Waals surface area contributed by atoms with Gasteiger partial charge in [-0.15, -0.1) is 0 Å². The summed E-state index contributed by atoms with van der Waals surface area (Å²) in [5, 5.41) is 5.88. The van der Waals surface area contributed by atoms with E-state index in [1.54, 1.807) is 19.1 Å². The van der Waals surface area contributed by atoms with Gasteiger partial charge in [0.2, 0.25) is 5.91 Å². The number of methoxy groups -OCH3 is 2. The zero-order valence-corrected chi connectivity index (χ0v) is 17.5. The van der Waals surface area contributed by atoms with Gasteiger partial charge in [0.1, 0.15) is 6.04 Å². The van der Waals surface area contributed by atoms with Crippen molar-refractivity contribution in [2.75, 3.05) is 27.3 Å². The predicted molar refractivity (Wildman–Crippen MR) is 115 cm³/mol. The van der Waals surface area contributed by atoms with E-state index < -0.39 is 6.04 Å². The van der Waals surface area contributed by atoms with Crippen LogP contribution in [0.5, 0.6) is 11.5 Å². The van der Waals surface area contributed by atoms with Crippen molar-refractivity contribution in [1.29, 1.82) is 0 Å². The number of carbonyl (C=O) groups excluding carboxylic acids is 2. The van der Waals surface area contributed by atoms with Crippen molar-refractivity contribution in [1.82, 2.24) is 15.5 Å². The molecule has 0 saturated carbocycles. The number of hydrogen-bond acceptors (Lipinski definition) is 4. The second-order valence-corrected chi connectivity index (χ2v) is 7.23. The number of benzene rings is 2. The molecule has 1 fully saturated rings. The summed E-state index contributed by atoms with van der Waals surface area (Å²) in [6.45, 7) is 1.53. The third kappa shape index (κ3) is 5.43. The minimum Gasteiger partial charge on any atom is -0.493 e. The number of nitrogens with zero attached hydrogens (tertiary/aromatic N) is 1. The summed E-state index contributed by atoms with van der Waals surface area (Å²) in [6.07, 6.45) is 2.17. The Morgan fingerprint density at radius 2 is 1.77 bits per heavy atom. The van der Waals surface area contributed by atoms with Gasteiger partial charge in [-0.1, -0.05) is 36.4 Å². The molecule has 1 saturated heterocycles. The second kappa shape index (κ2) is 10.5. The van der Waals surface area contributed by atoms with Gasteiger partial charge in [0.05, 0.1) is 14.2 Å². The summed E-state index contributed by atoms with van der Waals surface area (Å²) in [5.41, 5.74) is 2.07. The fourth-order valence-electron chi connectivity index (χ4n) is 3.64. The third-order valence-corrected chi connectivity index (χ3v) is 5.26. The largest absolute Gasteiger partial charge is 0.493 e. The topological polar surface area (TPSA) is 79.9 Å². The first-order valence-corrected chi connectivity index (χ1v) is 10.2. The maximum atomic E-state index is 12.7. The first kappa shape index (κ1) is 21.5. The highest BCUT2D eigenvalue weighted by molar-refractivity contribution is 5.87. The standard InChI is InChI=1S/C23H29N3O4/c1-29-20-11-10-17(15-21(20)30-2)12-13-24-22(27)19-9-6-14-26(19)23(28)25-16-18-7-4-3-5-8-18/h3-5,7-8,10-11,15,19H,6,9,12-14,16H2,1-2H3,(H,24,27)(H,25,28)/t19-/m1/s1. The van der Waals surface area contributed by atoms with E-state index in [0.717, 1.165) is 17.5 Å². The number of amides is 3. The lowest BCUT2D eigenvalue weighted by atomic mass is 10.1. The lowest BCUT2D eigenvalue weighted by molar-refractivity contribution is -0.124. The molecule has 160 valence electrons. The fourth-order valence-corrected chi connectivity index (χ4v) is 3.64. The van der Waals surface area contributed by atoms with Gasteiger partial charge in [0, 0.05) is 19.6 Å². The zero-order chi connectivity index (χ0) is 21.3. The average molecular weight is 412 g/mol. The quantitative estimate of drug-likeness (QED) is 0.700. The predicted octanol–water partition coefficient (Wildman–Crippen LogP) is 2.74. The Morgan fingerprint density at radius 3 is 2.50 bits per heavy atom. The SMILES string of the molecule is COc1ccc(CCNC(=O)[C@H]2CCCN2C(=O)NCc2ccccc2)cc1OC. The van der Waals surface area contributed by atoms with E-state index in [0.29, 0.717) is 44.0 Å². The lowest BCUT2D eigenvalue weighted by Crippen LogP contribution is -2.49. The van der Waals surface area contributed by atoms with Gasteiger partial charge in [-0.3, -0.25) is 4.79 Å². The monoisotopic (exact) mass is 411 g/mol. The molecule has 2 aromatic carbocycles. The maximum absolute atomic E-state index is 12.7. The van der Waals surface area contributed by atoms with Gasteiger partial charge in [0.15, 0.2) is 11.5 Å². The first-order valence-electron chi connectivity index (χ1n) is 10.2. The summed E-state index contributed by atoms with van der Waals surface area (Å²) < 4.78 is 10.6. The molecule has 0 bridgehead atoms. The fraction of sp³-hybridized carbons (Fsp3) is 0.391. The summed E-state index contributed by atoms with van der Waals surface area (Å²) in [5.74, 6) is 1.23. The van der Waals surface area contributed by atoms with Crippen molar-refractivity contribution in [2.24, 2.45) is 0 Å². The molecule has 0 radical (unpaired) electrons. The van der Waals surface area contributed by atoms with Gasteiger partial charge in [0.25, 0.3) is 0 Å². The highest BCUT2D eigenvalue weighted by Gasteiger charge is 2.33. The molecule has 7 nitrogen and oxygen atoms in total. The van der Waals surface area contributed by atoms with Crippen LogP contribution in [0, 0.1) is 0 Å². The van der Waals surface area contributed by atoms with Crippen molar-refractivity contribution in [3.05, 3.63) is 59.7 Å². The summed E-state index contributed by atoms with van der Waals surface area (Å²) in [7, 11) is 3.20. The normalized spacial score (nSPS) is 15.5. The van der Waals surface area contributed by atoms with E-state index in [9.17, 15) is 9.59 Å². The van der Waals surface area contributed by atoms with E-state index in [-0.39, 0.29) is 11.9 Å². The van der Waals surface area contributed by atoms with Crippen LogP contribution in [0.3, 0.4) is 0 Å². The first-order chi connectivity index (χ1) is 14.6. The minimum absolute atomic E-state index is 0.108. The van der Waals surface area contributed by atoms with Crippen molar-refractivity contribution in [3.63, 3.8) is 0 Å². The summed E-state index contributed by atoms with van der Waals surface area (Å²) in [6, 6.07) is 14.8. The van der Waals surface area contributed by atoms with Crippen molar-refractivity contribution in [2.45, 2.75) is 31.8 Å². The van der Waals surface area contributed by atoms with Crippen LogP contribution in [-0.2, 0) is 17.8 Å². The minimum atomic E-state index is -0.425. The average Bonchev–Trinajstić information content (AvgIpc) is 3.28. The maximum Gasteiger partial charge on any atom is 0.318 e. The van der Waals surface area contributed by atoms with E-state index in [1.807, 2.05) is 48.5 Å². The molecule has 0 spiro atoms. The molecule has 7 heteroatoms. The Morgan fingerprint density at radius 1 is 1.00 bits per heavy atom. The zero-order valence-electron chi connectivity index (χ0n) is 17.5. The molecule has 2 N–H and O–H groups in total. The van der Waals surface area contributed by atoms with Crippen LogP contribution in [-0.4, -0.2) is 50.2 Å². The van der Waals surface area contributed by atoms with Gasteiger partial charge in [-0.05, 0) is 42.5 Å². The number of urea groups is 1. The Labute approximate surface area is 177 Å². The number of ether oxygens (including phenoxy) is 2. The van der Waals surface area contributed by atoms with E-state index in [2.05, 4.69) is 10.6 Å². The molecule has 1 aliphatic rings. The molecule has 1 aliphatic heterocycles. The highest BCUT2D eigenvalue weighted by Crippen LogP contribution is 2.27. The Bertz CT molecular complexity index is 857. The number of carbonyl (C=O) groups is 2. The molecule has 0 aromatic heterocycles. The van der Waals surface area contributed by atoms with E-state index in [4.69, 9.17) is 9.47 Å². The van der Waals surface area contributed by atoms with Gasteiger partial charge < -0.3 is 25.0 Å². The molecule has 0 aliphatic carbocycles. The molecule has 3 amide bonds. The molecule has 1 heterocycles. The van der Waals surface area contributed by atoms with E-state index >= 15 is 0 Å². The van der Waals surface area contributed by atoms with Gasteiger partial charge in [-0.25, -0.2) is 4.79 Å². The number of nitrogens with one attached hydrogen (secondary N) is 2. The number of likely N-dealkylation sites (tertiary alicyclic amines) is 1. The molecular weight excluding hydrogens is 382 g/mol. The van der Waals surface area contributed by atoms with Crippen LogP contribution in [0.25, 0.3) is 0 Å². The van der Waals surface area contributed by atoms with Crippen molar-refractivity contribution < 1.29 is 19.1 Å². The summed E-state index contributed by atoms with van der Waals surface area (Å²) in [4.78, 5) is 26.9. The molecule has 1 atom stereocenters. The Kier molecular flexibility index (Phi) is 7.54. The van der Waals surface area contributed by atoms with Crippen LogP contribution >= 0.6 is 0 Å². The number of hydrogen-bond donors (Lipinski definition) is 2. The second-order valence-electron chi connectivity index (χ2n) is 7.23. The molecule has 2 aromatic rings. The highest BCUT2D eigenvalue weighted by atomic mass is 16.5. The van der Waals surface area contributed by atoms with Crippen molar-refractivity contribution >= 4 is 11.9 Å². The lowest BCUT2D eigenvalue weighted by Gasteiger charge is -2.24. The van der Waals surface area contributed by atoms with Crippen LogP contribution in [0.4, 0.5) is 4.79 Å². The van der Waals surface area contributed by atoms with Crippen molar-refractivity contribution in [3.8, 4) is 11.5 Å². The van der Waals surface area contributed by atoms with E-state index in [1.165, 1.54) is 0 Å². The summed E-state index contributed by atoms with van der Waals surface area (Å²) >= 11 is 0. The van der Waals surface area contributed by atoms with Crippen LogP contribution in [0.15, 0.2) is 48.5 Å².